The molecule has 0 aliphatic heterocycles. The van der Waals surface area contributed by atoms with Gasteiger partial charge in [-0.2, -0.15) is 5.44 Å². The van der Waals surface area contributed by atoms with Crippen molar-refractivity contribution >= 4 is 7.62 Å². The third kappa shape index (κ3) is 1.91. The molecule has 0 amide bonds. The second-order valence-corrected chi connectivity index (χ2v) is 0.261. The number of nitrogens with one attached hydrogen (secondary N) is 1. The minimum absolute atomic E-state index is 0.569. The normalized spacial score (nSPS) is 11.2. The van der Waals surface area contributed by atoms with Crippen LogP contribution in [-0.4, -0.2) is 12.6 Å². The molecule has 0 aliphatic carbocycles. The van der Waals surface area contributed by atoms with E-state index in [0.717, 1.165) is 0 Å². The van der Waals surface area contributed by atoms with Crippen LogP contribution in [0.25, 0.3) is 0 Å². The van der Waals surface area contributed by atoms with E-state index >= 15 is 0 Å². The van der Waals surface area contributed by atoms with Crippen LogP contribution in [0, 0.1) is 0 Å². The number of rotatable bonds is 1. The van der Waals surface area contributed by atoms with Crippen molar-refractivity contribution in [1.82, 2.24) is 5.44 Å². The molecule has 0 fully saturated rings. The molecule has 4 heavy (non-hydrogen) atoms. The molecule has 0 saturated heterocycles. The second kappa shape index (κ2) is 2.91. The molecule has 0 aliphatic rings. The zero-order valence-electron chi connectivity index (χ0n) is 2.98. The SMILES string of the molecule is [3H]N(F)BO. The first-order chi connectivity index (χ1) is 2.27. The number of halogens is 1. The van der Waals surface area contributed by atoms with Gasteiger partial charge in [-0.15, -0.1) is 4.48 Å². The molecule has 24 valence electrons. The minimum atomic E-state index is -0.861. The third-order valence-corrected chi connectivity index (χ3v) is 0.0535. The van der Waals surface area contributed by atoms with Crippen molar-refractivity contribution in [1.29, 1.82) is 0 Å². The van der Waals surface area contributed by atoms with Crippen LogP contribution < -0.4 is 5.44 Å². The van der Waals surface area contributed by atoms with Gasteiger partial charge in [0.15, 0.2) is 0 Å². The van der Waals surface area contributed by atoms with Crippen molar-refractivity contribution < 1.29 is 10.9 Å². The van der Waals surface area contributed by atoms with Crippen LogP contribution in [0.1, 0.15) is 0 Å². The second-order valence-electron chi connectivity index (χ2n) is 0.261. The molecule has 0 saturated carbocycles. The van der Waals surface area contributed by atoms with E-state index < -0.39 is 13.1 Å². The monoisotopic (exact) mass is 65.0 g/mol. The maximum Gasteiger partial charge on any atom is 0.388 e. The van der Waals surface area contributed by atoms with Gasteiger partial charge in [0.25, 0.3) is 0 Å². The molecular weight excluding hydrogens is 59.8 g/mol. The summed E-state index contributed by atoms with van der Waals surface area (Å²) in [5.74, 6) is 0. The van der Waals surface area contributed by atoms with E-state index in [-0.39, 0.29) is 0 Å². The first-order valence-corrected chi connectivity index (χ1v) is 0.801. The Morgan fingerprint density at radius 3 is 2.75 bits per heavy atom. The smallest absolute Gasteiger partial charge is 0.388 e. The van der Waals surface area contributed by atoms with Gasteiger partial charge in [-0.3, -0.25) is 0 Å². The molecule has 0 aromatic rings. The van der Waals surface area contributed by atoms with Crippen LogP contribution in [-0.2, 0) is 0 Å². The predicted octanol–water partition coefficient (Wildman–Crippen LogP) is -1.28. The van der Waals surface area contributed by atoms with E-state index in [1.807, 2.05) is 0 Å². The molecule has 0 bridgehead atoms. The Morgan fingerprint density at radius 1 is 2.50 bits per heavy atom. The Kier molecular flexibility index (Phi) is 1.58. The van der Waals surface area contributed by atoms with Crippen LogP contribution in [0.3, 0.4) is 0 Å². The van der Waals surface area contributed by atoms with Gasteiger partial charge in [-0.05, 0) is 0 Å². The van der Waals surface area contributed by atoms with Crippen LogP contribution in [0.15, 0.2) is 0 Å². The lowest BCUT2D eigenvalue weighted by molar-refractivity contribution is 0.407. The fourth-order valence-corrected chi connectivity index (χ4v) is 0. The van der Waals surface area contributed by atoms with E-state index in [1.54, 1.807) is 0 Å². The molecular formula is H3BFNO. The molecule has 0 spiro atoms. The molecule has 0 radical (unpaired) electrons. The largest absolute Gasteiger partial charge is 0.439 e. The average molecular weight is 64.8 g/mol. The van der Waals surface area contributed by atoms with Gasteiger partial charge in [-0.1, -0.05) is 0 Å². The third-order valence-electron chi connectivity index (χ3n) is 0.0535. The van der Waals surface area contributed by atoms with Crippen LogP contribution >= 0.6 is 0 Å². The van der Waals surface area contributed by atoms with E-state index in [2.05, 4.69) is 0 Å². The zero-order valence-corrected chi connectivity index (χ0v) is 1.98. The quantitative estimate of drug-likeness (QED) is 0.294. The molecule has 0 rings (SSSR count). The van der Waals surface area contributed by atoms with Crippen LogP contribution in [0.5, 0.6) is 0 Å². The van der Waals surface area contributed by atoms with Gasteiger partial charge in [0.2, 0.25) is 0 Å². The summed E-state index contributed by atoms with van der Waals surface area (Å²) in [4.78, 5) is 0. The van der Waals surface area contributed by atoms with Crippen molar-refractivity contribution in [2.75, 3.05) is 0 Å². The van der Waals surface area contributed by atoms with Crippen LogP contribution in [0.4, 0.5) is 4.48 Å². The molecule has 0 atom stereocenters. The lowest BCUT2D eigenvalue weighted by atomic mass is 10.4. The molecule has 0 aromatic carbocycles. The highest BCUT2D eigenvalue weighted by atomic mass is 19.2. The highest BCUT2D eigenvalue weighted by Gasteiger charge is 1.65. The summed E-state index contributed by atoms with van der Waals surface area (Å²) in [7, 11) is -0.861. The zero-order chi connectivity index (χ0) is 4.28. The Labute approximate surface area is 25.3 Å². The van der Waals surface area contributed by atoms with Gasteiger partial charge < -0.3 is 5.02 Å². The summed E-state index contributed by atoms with van der Waals surface area (Å²) < 4.78 is 16.4. The molecule has 0 aromatic heterocycles. The summed E-state index contributed by atoms with van der Waals surface area (Å²) in [5.41, 5.74) is -0.569. The van der Waals surface area contributed by atoms with E-state index in [9.17, 15) is 4.48 Å². The lowest BCUT2D eigenvalue weighted by Crippen LogP contribution is -2.04. The topological polar surface area (TPSA) is 32.3 Å². The van der Waals surface area contributed by atoms with E-state index in [1.165, 1.54) is 0 Å². The Morgan fingerprint density at radius 2 is 2.75 bits per heavy atom. The number of hydrogen-bond acceptors (Lipinski definition) is 2. The molecule has 2 nitrogen and oxygen atoms in total. The van der Waals surface area contributed by atoms with E-state index in [0.29, 0.717) is 0 Å². The molecule has 4 heteroatoms. The lowest BCUT2D eigenvalue weighted by Gasteiger charge is -1.65. The molecule has 0 heterocycles. The highest BCUT2D eigenvalue weighted by Crippen LogP contribution is 1.32. The molecule has 0 unspecified atom stereocenters. The Balaban J connectivity index is 2.54. The summed E-state index contributed by atoms with van der Waals surface area (Å²) in [6.45, 7) is 0. The maximum atomic E-state index is 10.7. The summed E-state index contributed by atoms with van der Waals surface area (Å²) in [6, 6.07) is 0. The van der Waals surface area contributed by atoms with E-state index in [4.69, 9.17) is 6.44 Å². The average Bonchev–Trinajstić information content (AvgIpc) is 1.38. The summed E-state index contributed by atoms with van der Waals surface area (Å²) >= 11 is 0. The maximum absolute atomic E-state index is 10.7. The van der Waals surface area contributed by atoms with Crippen molar-refractivity contribution in [2.45, 2.75) is 0 Å². The fraction of sp³-hybridized carbons (Fsp3) is 0. The minimum Gasteiger partial charge on any atom is -0.439 e. The highest BCUT2D eigenvalue weighted by molar-refractivity contribution is 6.20. The first-order valence-electron chi connectivity index (χ1n) is 1.25. The van der Waals surface area contributed by atoms with Gasteiger partial charge in [0.05, 0.1) is 0 Å². The standard InChI is InChI=1S/BFH3NO/c2-3-1-4/h1,3-4H/i3T. The van der Waals surface area contributed by atoms with Crippen LogP contribution in [0.2, 0.25) is 1.41 Å². The van der Waals surface area contributed by atoms with Gasteiger partial charge in [0.1, 0.15) is 1.41 Å². The van der Waals surface area contributed by atoms with Crippen molar-refractivity contribution in [3.05, 3.63) is 0 Å². The number of hydrogen-bond donors (Lipinski definition) is 2. The van der Waals surface area contributed by atoms with Gasteiger partial charge in [-0.25, -0.2) is 0 Å². The predicted molar refractivity (Wildman–Crippen MR) is 13.6 cm³/mol. The first kappa shape index (κ1) is 2.17. The summed E-state index contributed by atoms with van der Waals surface area (Å²) in [5, 5.41) is 7.51. The fourth-order valence-electron chi connectivity index (χ4n) is 0. The van der Waals surface area contributed by atoms with Gasteiger partial charge >= 0.3 is 7.62 Å². The van der Waals surface area contributed by atoms with Crippen molar-refractivity contribution in [2.24, 2.45) is 0 Å². The van der Waals surface area contributed by atoms with Crippen molar-refractivity contribution in [3.8, 4) is 0 Å². The molecule has 2 N–H and O–H groups in total. The van der Waals surface area contributed by atoms with Gasteiger partial charge in [0, 0.05) is 0 Å². The Bertz CT molecular complexity index is 25.6. The summed E-state index contributed by atoms with van der Waals surface area (Å²) in [6.07, 6.45) is 0. The van der Waals surface area contributed by atoms with Crippen molar-refractivity contribution in [3.63, 3.8) is 0 Å². The Hall–Kier alpha value is -0.0851.